The summed E-state index contributed by atoms with van der Waals surface area (Å²) < 4.78 is 4.99. The molecule has 0 heterocycles. The van der Waals surface area contributed by atoms with Crippen LogP contribution in [0.15, 0.2) is 12.2 Å². The average Bonchev–Trinajstić information content (AvgIpc) is 2.42. The van der Waals surface area contributed by atoms with Crippen LogP contribution in [-0.2, 0) is 14.4 Å². The molecule has 0 bridgehead atoms. The predicted octanol–water partition coefficient (Wildman–Crippen LogP) is 2.30. The maximum Gasteiger partial charge on any atom is 0.407 e. The number of hydrogen-bond acceptors (Lipinski definition) is 6. The molecule has 1 fully saturated rings. The number of amides is 1. The van der Waals surface area contributed by atoms with Crippen molar-refractivity contribution in [2.75, 3.05) is 13.2 Å². The molecular formula is C18H32N2O5. The maximum absolute atomic E-state index is 11.9. The third-order valence-electron chi connectivity index (χ3n) is 4.23. The van der Waals surface area contributed by atoms with Crippen LogP contribution in [0.4, 0.5) is 4.79 Å². The van der Waals surface area contributed by atoms with E-state index in [1.165, 1.54) is 0 Å². The van der Waals surface area contributed by atoms with E-state index < -0.39 is 18.2 Å². The van der Waals surface area contributed by atoms with E-state index in [4.69, 9.17) is 9.57 Å². The van der Waals surface area contributed by atoms with Gasteiger partial charge in [-0.25, -0.2) is 9.59 Å². The number of carbonyl (C=O) groups is 2. The van der Waals surface area contributed by atoms with Gasteiger partial charge in [0.1, 0.15) is 6.61 Å². The average molecular weight is 356 g/mol. The number of alkyl carbamates (subject to hydrolysis) is 1. The van der Waals surface area contributed by atoms with Crippen LogP contribution in [0.3, 0.4) is 0 Å². The zero-order valence-electron chi connectivity index (χ0n) is 16.0. The third-order valence-corrected chi connectivity index (χ3v) is 4.23. The molecule has 1 saturated carbocycles. The van der Waals surface area contributed by atoms with Crippen molar-refractivity contribution in [3.8, 4) is 0 Å². The van der Waals surface area contributed by atoms with E-state index in [0.29, 0.717) is 12.1 Å². The van der Waals surface area contributed by atoms with E-state index in [9.17, 15) is 14.7 Å². The van der Waals surface area contributed by atoms with Crippen molar-refractivity contribution in [3.63, 3.8) is 0 Å². The number of ether oxygens (including phenoxy) is 1. The van der Waals surface area contributed by atoms with E-state index in [1.807, 2.05) is 0 Å². The Bertz CT molecular complexity index is 504. The molecule has 7 nitrogen and oxygen atoms in total. The molecule has 0 aliphatic heterocycles. The number of rotatable bonds is 7. The van der Waals surface area contributed by atoms with Crippen LogP contribution in [0.1, 0.15) is 53.9 Å². The Morgan fingerprint density at radius 1 is 1.32 bits per heavy atom. The molecule has 3 unspecified atom stereocenters. The van der Waals surface area contributed by atoms with E-state index in [-0.39, 0.29) is 23.5 Å². The molecule has 0 radical (unpaired) electrons. The summed E-state index contributed by atoms with van der Waals surface area (Å²) in [6.45, 7) is 13.6. The Morgan fingerprint density at radius 2 is 1.96 bits per heavy atom. The first kappa shape index (κ1) is 21.4. The zero-order chi connectivity index (χ0) is 19.3. The summed E-state index contributed by atoms with van der Waals surface area (Å²) in [5.74, 6) is -0.477. The lowest BCUT2D eigenvalue weighted by molar-refractivity contribution is -0.147. The SMILES string of the molecule is C=C(C)C(=O)ONCC1(C)CC(NC(=O)OCC(C)O)CC(C)(C)C1. The number of carbonyl (C=O) groups excluding carboxylic acids is 2. The lowest BCUT2D eigenvalue weighted by atomic mass is 9.62. The van der Waals surface area contributed by atoms with Gasteiger partial charge in [-0.1, -0.05) is 27.4 Å². The van der Waals surface area contributed by atoms with E-state index in [1.54, 1.807) is 13.8 Å². The Labute approximate surface area is 150 Å². The number of aliphatic hydroxyl groups is 1. The molecule has 7 heteroatoms. The van der Waals surface area contributed by atoms with Crippen LogP contribution >= 0.6 is 0 Å². The summed E-state index contributed by atoms with van der Waals surface area (Å²) in [6.07, 6.45) is 1.28. The fraction of sp³-hybridized carbons (Fsp3) is 0.778. The highest BCUT2D eigenvalue weighted by Gasteiger charge is 2.42. The molecule has 0 aromatic carbocycles. The molecule has 144 valence electrons. The van der Waals surface area contributed by atoms with Crippen molar-refractivity contribution < 1.29 is 24.3 Å². The first-order valence-corrected chi connectivity index (χ1v) is 8.63. The molecule has 0 aromatic rings. The van der Waals surface area contributed by atoms with E-state index in [0.717, 1.165) is 19.3 Å². The van der Waals surface area contributed by atoms with Crippen molar-refractivity contribution >= 4 is 12.1 Å². The Kier molecular flexibility index (Phi) is 7.44. The van der Waals surface area contributed by atoms with Crippen molar-refractivity contribution in [1.29, 1.82) is 0 Å². The van der Waals surface area contributed by atoms with Crippen molar-refractivity contribution in [1.82, 2.24) is 10.8 Å². The van der Waals surface area contributed by atoms with Gasteiger partial charge in [0.15, 0.2) is 0 Å². The van der Waals surface area contributed by atoms with Crippen LogP contribution in [0.5, 0.6) is 0 Å². The van der Waals surface area contributed by atoms with Gasteiger partial charge in [-0.15, -0.1) is 0 Å². The fourth-order valence-electron chi connectivity index (χ4n) is 3.64. The molecule has 25 heavy (non-hydrogen) atoms. The molecule has 0 aromatic heterocycles. The number of nitrogens with one attached hydrogen (secondary N) is 2. The van der Waals surface area contributed by atoms with Gasteiger partial charge in [0.25, 0.3) is 0 Å². The number of aliphatic hydroxyl groups excluding tert-OH is 1. The van der Waals surface area contributed by atoms with Gasteiger partial charge < -0.3 is 20.0 Å². The third kappa shape index (κ3) is 7.88. The van der Waals surface area contributed by atoms with Crippen LogP contribution in [0, 0.1) is 10.8 Å². The molecule has 3 N–H and O–H groups in total. The lowest BCUT2D eigenvalue weighted by Gasteiger charge is -2.46. The summed E-state index contributed by atoms with van der Waals surface area (Å²) in [7, 11) is 0. The predicted molar refractivity (Wildman–Crippen MR) is 94.6 cm³/mol. The largest absolute Gasteiger partial charge is 0.447 e. The summed E-state index contributed by atoms with van der Waals surface area (Å²) in [6, 6.07) is -0.0473. The molecule has 1 aliphatic rings. The summed E-state index contributed by atoms with van der Waals surface area (Å²) in [4.78, 5) is 28.3. The quantitative estimate of drug-likeness (QED) is 0.478. The highest BCUT2D eigenvalue weighted by molar-refractivity contribution is 5.86. The molecular weight excluding hydrogens is 324 g/mol. The smallest absolute Gasteiger partial charge is 0.407 e. The second kappa shape index (κ2) is 8.67. The van der Waals surface area contributed by atoms with Gasteiger partial charge in [-0.2, -0.15) is 5.48 Å². The molecule has 0 saturated heterocycles. The Hall–Kier alpha value is -1.60. The lowest BCUT2D eigenvalue weighted by Crippen LogP contribution is -2.50. The van der Waals surface area contributed by atoms with Crippen molar-refractivity contribution in [2.24, 2.45) is 10.8 Å². The summed E-state index contributed by atoms with van der Waals surface area (Å²) >= 11 is 0. The minimum absolute atomic E-state index is 0.0231. The minimum atomic E-state index is -0.689. The minimum Gasteiger partial charge on any atom is -0.447 e. The number of hydroxylamine groups is 1. The second-order valence-electron chi connectivity index (χ2n) is 8.34. The summed E-state index contributed by atoms with van der Waals surface area (Å²) in [5, 5.41) is 12.1. The topological polar surface area (TPSA) is 96.9 Å². The normalized spacial score (nSPS) is 26.4. The van der Waals surface area contributed by atoms with E-state index in [2.05, 4.69) is 38.1 Å². The van der Waals surface area contributed by atoms with Crippen LogP contribution in [0.25, 0.3) is 0 Å². The monoisotopic (exact) mass is 356 g/mol. The van der Waals surface area contributed by atoms with Gasteiger partial charge in [-0.05, 0) is 43.9 Å². The summed E-state index contributed by atoms with van der Waals surface area (Å²) in [5.41, 5.74) is 2.95. The number of hydrogen-bond donors (Lipinski definition) is 3. The van der Waals surface area contributed by atoms with Gasteiger partial charge in [-0.3, -0.25) is 0 Å². The molecule has 1 amide bonds. The Balaban J connectivity index is 2.60. The Morgan fingerprint density at radius 3 is 2.52 bits per heavy atom. The molecule has 0 spiro atoms. The maximum atomic E-state index is 11.9. The van der Waals surface area contributed by atoms with Crippen LogP contribution < -0.4 is 10.8 Å². The molecule has 1 aliphatic carbocycles. The first-order chi connectivity index (χ1) is 11.4. The van der Waals surface area contributed by atoms with Crippen LogP contribution in [0.2, 0.25) is 0 Å². The zero-order valence-corrected chi connectivity index (χ0v) is 16.0. The van der Waals surface area contributed by atoms with Gasteiger partial charge in [0, 0.05) is 18.2 Å². The van der Waals surface area contributed by atoms with Crippen molar-refractivity contribution in [3.05, 3.63) is 12.2 Å². The highest BCUT2D eigenvalue weighted by atomic mass is 16.7. The van der Waals surface area contributed by atoms with Gasteiger partial charge in [0.05, 0.1) is 6.10 Å². The second-order valence-corrected chi connectivity index (χ2v) is 8.34. The highest BCUT2D eigenvalue weighted by Crippen LogP contribution is 2.45. The standard InChI is InChI=1S/C18H32N2O5/c1-12(2)15(22)25-19-11-18(6)8-14(7-17(4,5)10-18)20-16(23)24-9-13(3)21/h13-14,19,21H,1,7-11H2,2-6H3,(H,20,23). The van der Waals surface area contributed by atoms with Crippen LogP contribution in [-0.4, -0.2) is 42.5 Å². The fourth-order valence-corrected chi connectivity index (χ4v) is 3.64. The van der Waals surface area contributed by atoms with Gasteiger partial charge >= 0.3 is 12.1 Å². The van der Waals surface area contributed by atoms with E-state index >= 15 is 0 Å². The van der Waals surface area contributed by atoms with Gasteiger partial charge in [0.2, 0.25) is 0 Å². The van der Waals surface area contributed by atoms with Crippen molar-refractivity contribution in [2.45, 2.75) is 66.0 Å². The molecule has 3 atom stereocenters. The first-order valence-electron chi connectivity index (χ1n) is 8.63. The molecule has 1 rings (SSSR count).